The molecule has 4 rings (SSSR count). The summed E-state index contributed by atoms with van der Waals surface area (Å²) in [6, 6.07) is 16.7. The van der Waals surface area contributed by atoms with Crippen molar-refractivity contribution in [3.8, 4) is 0 Å². The molecule has 8 nitrogen and oxygen atoms in total. The fourth-order valence-electron chi connectivity index (χ4n) is 3.06. The lowest BCUT2D eigenvalue weighted by atomic mass is 10.2. The van der Waals surface area contributed by atoms with E-state index in [4.69, 9.17) is 11.6 Å². The first-order valence-corrected chi connectivity index (χ1v) is 11.6. The Kier molecular flexibility index (Phi) is 5.52. The number of hydrogen-bond donors (Lipinski definition) is 1. The van der Waals surface area contributed by atoms with Gasteiger partial charge in [0.2, 0.25) is 0 Å². The Hall–Kier alpha value is -3.21. The normalized spacial score (nSPS) is 11.5. The van der Waals surface area contributed by atoms with E-state index in [0.29, 0.717) is 15.2 Å². The molecule has 1 aromatic heterocycles. The maximum Gasteiger partial charge on any atom is 0.308 e. The number of aromatic nitrogens is 1. The SMILES string of the molecule is O=c1sc2cc(S(=O)(=O)Nc3cccc([N+](=O)[O-])c3)ccc2n1Cc1ccccc1Cl. The summed E-state index contributed by atoms with van der Waals surface area (Å²) in [5.74, 6) is 0. The van der Waals surface area contributed by atoms with Crippen LogP contribution in [0.4, 0.5) is 11.4 Å². The van der Waals surface area contributed by atoms with Crippen LogP contribution < -0.4 is 9.60 Å². The molecule has 0 bridgehead atoms. The highest BCUT2D eigenvalue weighted by Crippen LogP contribution is 2.26. The monoisotopic (exact) mass is 475 g/mol. The van der Waals surface area contributed by atoms with E-state index in [2.05, 4.69) is 4.72 Å². The van der Waals surface area contributed by atoms with Gasteiger partial charge in [0.25, 0.3) is 15.7 Å². The molecule has 0 saturated carbocycles. The summed E-state index contributed by atoms with van der Waals surface area (Å²) in [6.45, 7) is 0.260. The molecule has 0 spiro atoms. The smallest absolute Gasteiger partial charge is 0.294 e. The molecule has 31 heavy (non-hydrogen) atoms. The fourth-order valence-corrected chi connectivity index (χ4v) is 5.33. The Morgan fingerprint density at radius 1 is 1.06 bits per heavy atom. The molecule has 0 aliphatic carbocycles. The van der Waals surface area contributed by atoms with Crippen molar-refractivity contribution < 1.29 is 13.3 Å². The molecular weight excluding hydrogens is 462 g/mol. The van der Waals surface area contributed by atoms with E-state index in [0.717, 1.165) is 23.0 Å². The third-order valence-corrected chi connectivity index (χ3v) is 7.24. The van der Waals surface area contributed by atoms with E-state index < -0.39 is 14.9 Å². The fraction of sp³-hybridized carbons (Fsp3) is 0.0500. The second kappa shape index (κ2) is 8.14. The lowest BCUT2D eigenvalue weighted by Gasteiger charge is -2.09. The number of fused-ring (bicyclic) bond motifs is 1. The molecule has 0 aliphatic rings. The van der Waals surface area contributed by atoms with Gasteiger partial charge in [0.05, 0.1) is 32.3 Å². The molecule has 0 radical (unpaired) electrons. The summed E-state index contributed by atoms with van der Waals surface area (Å²) >= 11 is 7.13. The zero-order valence-corrected chi connectivity index (χ0v) is 18.1. The largest absolute Gasteiger partial charge is 0.308 e. The minimum Gasteiger partial charge on any atom is -0.294 e. The average Bonchev–Trinajstić information content (AvgIpc) is 3.04. The van der Waals surface area contributed by atoms with Gasteiger partial charge in [-0.25, -0.2) is 8.42 Å². The minimum atomic E-state index is -4.01. The van der Waals surface area contributed by atoms with Crippen LogP contribution in [0.3, 0.4) is 0 Å². The maximum atomic E-state index is 12.8. The predicted molar refractivity (Wildman–Crippen MR) is 121 cm³/mol. The third kappa shape index (κ3) is 4.31. The van der Waals surface area contributed by atoms with Crippen LogP contribution in [0.5, 0.6) is 0 Å². The van der Waals surface area contributed by atoms with E-state index in [1.165, 1.54) is 34.9 Å². The van der Waals surface area contributed by atoms with Crippen LogP contribution in [0.2, 0.25) is 5.02 Å². The van der Waals surface area contributed by atoms with Crippen LogP contribution >= 0.6 is 22.9 Å². The Morgan fingerprint density at radius 2 is 1.84 bits per heavy atom. The van der Waals surface area contributed by atoms with Gasteiger partial charge in [0.15, 0.2) is 0 Å². The van der Waals surface area contributed by atoms with Gasteiger partial charge in [0, 0.05) is 17.2 Å². The van der Waals surface area contributed by atoms with Crippen molar-refractivity contribution in [3.05, 3.63) is 97.1 Å². The molecule has 0 aliphatic heterocycles. The molecule has 0 unspecified atom stereocenters. The summed E-state index contributed by atoms with van der Waals surface area (Å²) in [4.78, 5) is 22.5. The van der Waals surface area contributed by atoms with Crippen LogP contribution in [0.1, 0.15) is 5.56 Å². The zero-order valence-electron chi connectivity index (χ0n) is 15.7. The van der Waals surface area contributed by atoms with Crippen LogP contribution in [0, 0.1) is 10.1 Å². The second-order valence-electron chi connectivity index (χ2n) is 6.59. The van der Waals surface area contributed by atoms with Crippen molar-refractivity contribution in [2.75, 3.05) is 4.72 Å². The van der Waals surface area contributed by atoms with E-state index >= 15 is 0 Å². The number of hydrogen-bond acceptors (Lipinski definition) is 6. The average molecular weight is 476 g/mol. The first kappa shape index (κ1) is 21.0. The van der Waals surface area contributed by atoms with Crippen molar-refractivity contribution >= 4 is 54.6 Å². The highest BCUT2D eigenvalue weighted by molar-refractivity contribution is 7.92. The zero-order chi connectivity index (χ0) is 22.2. The number of sulfonamides is 1. The predicted octanol–water partition coefficient (Wildman–Crippen LogP) is 4.47. The first-order chi connectivity index (χ1) is 14.7. The maximum absolute atomic E-state index is 12.8. The number of nitro benzene ring substituents is 1. The van der Waals surface area contributed by atoms with Crippen molar-refractivity contribution in [2.24, 2.45) is 0 Å². The summed E-state index contributed by atoms with van der Waals surface area (Å²) in [6.07, 6.45) is 0. The van der Waals surface area contributed by atoms with Gasteiger partial charge in [-0.3, -0.25) is 24.2 Å². The number of nitrogens with zero attached hydrogens (tertiary/aromatic N) is 2. The number of thiazole rings is 1. The number of benzene rings is 3. The van der Waals surface area contributed by atoms with Gasteiger partial charge in [0.1, 0.15) is 0 Å². The summed E-state index contributed by atoms with van der Waals surface area (Å²) < 4.78 is 29.9. The lowest BCUT2D eigenvalue weighted by Crippen LogP contribution is -2.14. The molecule has 3 aromatic carbocycles. The number of non-ortho nitro benzene ring substituents is 1. The number of rotatable bonds is 6. The molecule has 4 aromatic rings. The van der Waals surface area contributed by atoms with Crippen LogP contribution in [-0.4, -0.2) is 17.9 Å². The Labute approximate surface area is 185 Å². The summed E-state index contributed by atoms with van der Waals surface area (Å²) in [5.41, 5.74) is 1.20. The van der Waals surface area contributed by atoms with Crippen molar-refractivity contribution in [2.45, 2.75) is 11.4 Å². The Morgan fingerprint density at radius 3 is 2.58 bits per heavy atom. The van der Waals surface area contributed by atoms with E-state index in [-0.39, 0.29) is 27.7 Å². The van der Waals surface area contributed by atoms with Crippen LogP contribution in [-0.2, 0) is 16.6 Å². The standard InChI is InChI=1S/C20H14ClN3O5S2/c21-17-7-2-1-4-13(17)12-23-18-9-8-16(11-19(18)30-20(23)25)31(28,29)22-14-5-3-6-15(10-14)24(26)27/h1-11,22H,12H2. The molecule has 0 atom stereocenters. The van der Waals surface area contributed by atoms with Crippen molar-refractivity contribution in [3.63, 3.8) is 0 Å². The highest BCUT2D eigenvalue weighted by Gasteiger charge is 2.18. The van der Waals surface area contributed by atoms with Gasteiger partial charge in [-0.1, -0.05) is 47.2 Å². The minimum absolute atomic E-state index is 0.0577. The molecule has 0 saturated heterocycles. The number of nitrogens with one attached hydrogen (secondary N) is 1. The molecule has 11 heteroatoms. The number of halogens is 1. The molecule has 1 N–H and O–H groups in total. The topological polar surface area (TPSA) is 111 Å². The van der Waals surface area contributed by atoms with Crippen LogP contribution in [0.15, 0.2) is 76.4 Å². The second-order valence-corrected chi connectivity index (χ2v) is 9.67. The highest BCUT2D eigenvalue weighted by atomic mass is 35.5. The molecule has 0 fully saturated rings. The van der Waals surface area contributed by atoms with Gasteiger partial charge in [-0.2, -0.15) is 0 Å². The molecule has 0 amide bonds. The van der Waals surface area contributed by atoms with E-state index in [9.17, 15) is 23.3 Å². The van der Waals surface area contributed by atoms with Gasteiger partial charge < -0.3 is 0 Å². The summed E-state index contributed by atoms with van der Waals surface area (Å²) in [7, 11) is -4.01. The summed E-state index contributed by atoms with van der Waals surface area (Å²) in [5, 5.41) is 11.4. The first-order valence-electron chi connectivity index (χ1n) is 8.89. The number of anilines is 1. The van der Waals surface area contributed by atoms with Gasteiger partial charge in [-0.05, 0) is 35.9 Å². The Bertz CT molecular complexity index is 1480. The van der Waals surface area contributed by atoms with Crippen LogP contribution in [0.25, 0.3) is 10.2 Å². The molecule has 158 valence electrons. The van der Waals surface area contributed by atoms with Gasteiger partial charge in [-0.15, -0.1) is 0 Å². The third-order valence-electron chi connectivity index (χ3n) is 4.55. The van der Waals surface area contributed by atoms with E-state index in [1.807, 2.05) is 12.1 Å². The van der Waals surface area contributed by atoms with Crippen molar-refractivity contribution in [1.82, 2.24) is 4.57 Å². The molecule has 1 heterocycles. The van der Waals surface area contributed by atoms with E-state index in [1.54, 1.807) is 18.2 Å². The Balaban J connectivity index is 1.68. The quantitative estimate of drug-likeness (QED) is 0.326. The van der Waals surface area contributed by atoms with Gasteiger partial charge >= 0.3 is 4.87 Å². The molecular formula is C20H14ClN3O5S2. The number of nitro groups is 1. The lowest BCUT2D eigenvalue weighted by molar-refractivity contribution is -0.384. The van der Waals surface area contributed by atoms with Crippen molar-refractivity contribution in [1.29, 1.82) is 0 Å².